The van der Waals surface area contributed by atoms with Crippen LogP contribution in [0.5, 0.6) is 5.75 Å². The van der Waals surface area contributed by atoms with E-state index in [1.807, 2.05) is 0 Å². The van der Waals surface area contributed by atoms with Crippen molar-refractivity contribution < 1.29 is 17.9 Å². The highest BCUT2D eigenvalue weighted by molar-refractivity contribution is 7.89. The summed E-state index contributed by atoms with van der Waals surface area (Å²) in [5.41, 5.74) is 1.95. The van der Waals surface area contributed by atoms with Gasteiger partial charge < -0.3 is 10.1 Å². The molecule has 0 aliphatic carbocycles. The number of nitrogens with zero attached hydrogens (tertiary/aromatic N) is 4. The molecule has 0 fully saturated rings. The van der Waals surface area contributed by atoms with Gasteiger partial charge >= 0.3 is 0 Å². The Kier molecular flexibility index (Phi) is 7.24. The average Bonchev–Trinajstić information content (AvgIpc) is 3.17. The van der Waals surface area contributed by atoms with Gasteiger partial charge in [0.05, 0.1) is 17.5 Å². The second-order valence-electron chi connectivity index (χ2n) is 6.93. The Morgan fingerprint density at radius 1 is 1.13 bits per heavy atom. The number of hydrogen-bond donors (Lipinski definition) is 1. The Balaban J connectivity index is 1.61. The third kappa shape index (κ3) is 5.20. The summed E-state index contributed by atoms with van der Waals surface area (Å²) in [5.74, 6) is 0.631. The fourth-order valence-corrected chi connectivity index (χ4v) is 4.76. The van der Waals surface area contributed by atoms with Crippen molar-refractivity contribution >= 4 is 32.7 Å². The Labute approximate surface area is 182 Å². The topological polar surface area (TPSA) is 106 Å². The molecule has 0 spiro atoms. The Bertz CT molecular complexity index is 1140. The highest BCUT2D eigenvalue weighted by atomic mass is 32.2. The standard InChI is InChI=1S/C21H27N5O4S/c1-4-25(5-2)31(28,29)18-12-13-20-19(15-18)23-24-26(20)14-6-7-21(27)22-16-8-10-17(30-3)11-9-16/h8-13,15H,4-7,14H2,1-3H3,(H,22,27). The Hall–Kier alpha value is -2.98. The highest BCUT2D eigenvalue weighted by Crippen LogP contribution is 2.21. The van der Waals surface area contributed by atoms with Gasteiger partial charge in [-0.25, -0.2) is 13.1 Å². The number of fused-ring (bicyclic) bond motifs is 1. The maximum Gasteiger partial charge on any atom is 0.243 e. The first-order valence-electron chi connectivity index (χ1n) is 10.2. The van der Waals surface area contributed by atoms with Gasteiger partial charge in [-0.05, 0) is 48.9 Å². The minimum absolute atomic E-state index is 0.0952. The number of aryl methyl sites for hydroxylation is 1. The van der Waals surface area contributed by atoms with Gasteiger partial charge in [0.25, 0.3) is 0 Å². The molecule has 31 heavy (non-hydrogen) atoms. The van der Waals surface area contributed by atoms with E-state index in [9.17, 15) is 13.2 Å². The molecule has 1 amide bonds. The van der Waals surface area contributed by atoms with Crippen LogP contribution in [-0.2, 0) is 21.4 Å². The normalized spacial score (nSPS) is 11.7. The van der Waals surface area contributed by atoms with Crippen molar-refractivity contribution in [2.75, 3.05) is 25.5 Å². The van der Waals surface area contributed by atoms with Crippen molar-refractivity contribution in [2.45, 2.75) is 38.1 Å². The van der Waals surface area contributed by atoms with E-state index in [-0.39, 0.29) is 10.8 Å². The minimum Gasteiger partial charge on any atom is -0.497 e. The summed E-state index contributed by atoms with van der Waals surface area (Å²) in [6, 6.07) is 12.0. The summed E-state index contributed by atoms with van der Waals surface area (Å²) in [6.07, 6.45) is 0.891. The molecule has 1 aromatic heterocycles. The molecule has 10 heteroatoms. The second kappa shape index (κ2) is 9.88. The number of sulfonamides is 1. The lowest BCUT2D eigenvalue weighted by atomic mass is 10.2. The molecule has 166 valence electrons. The Morgan fingerprint density at radius 3 is 2.48 bits per heavy atom. The summed E-state index contributed by atoms with van der Waals surface area (Å²) >= 11 is 0. The molecule has 0 saturated carbocycles. The number of ether oxygens (including phenoxy) is 1. The molecule has 3 aromatic rings. The van der Waals surface area contributed by atoms with E-state index in [2.05, 4.69) is 15.6 Å². The third-order valence-corrected chi connectivity index (χ3v) is 7.02. The predicted molar refractivity (Wildman–Crippen MR) is 118 cm³/mol. The average molecular weight is 446 g/mol. The van der Waals surface area contributed by atoms with Crippen molar-refractivity contribution in [3.05, 3.63) is 42.5 Å². The zero-order valence-corrected chi connectivity index (χ0v) is 18.7. The molecular formula is C21H27N5O4S. The van der Waals surface area contributed by atoms with Crippen LogP contribution in [-0.4, -0.2) is 53.8 Å². The number of amides is 1. The van der Waals surface area contributed by atoms with Crippen molar-refractivity contribution in [3.8, 4) is 5.75 Å². The molecular weight excluding hydrogens is 418 g/mol. The van der Waals surface area contributed by atoms with Gasteiger partial charge in [0.15, 0.2) is 0 Å². The number of carbonyl (C=O) groups is 1. The number of aromatic nitrogens is 3. The molecule has 0 radical (unpaired) electrons. The summed E-state index contributed by atoms with van der Waals surface area (Å²) in [6.45, 7) is 4.92. The van der Waals surface area contributed by atoms with Crippen LogP contribution in [0.2, 0.25) is 0 Å². The van der Waals surface area contributed by atoms with Crippen LogP contribution in [0.25, 0.3) is 11.0 Å². The Morgan fingerprint density at radius 2 is 1.84 bits per heavy atom. The molecule has 0 atom stereocenters. The van der Waals surface area contributed by atoms with Crippen LogP contribution in [0.4, 0.5) is 5.69 Å². The summed E-state index contributed by atoms with van der Waals surface area (Å²) < 4.78 is 33.6. The van der Waals surface area contributed by atoms with Crippen LogP contribution >= 0.6 is 0 Å². The maximum absolute atomic E-state index is 12.7. The van der Waals surface area contributed by atoms with Crippen LogP contribution in [0, 0.1) is 0 Å². The van der Waals surface area contributed by atoms with Gasteiger partial charge in [0.2, 0.25) is 15.9 Å². The molecule has 0 saturated heterocycles. The zero-order chi connectivity index (χ0) is 22.4. The van der Waals surface area contributed by atoms with E-state index < -0.39 is 10.0 Å². The second-order valence-corrected chi connectivity index (χ2v) is 8.87. The number of rotatable bonds is 10. The van der Waals surface area contributed by atoms with Crippen molar-refractivity contribution in [2.24, 2.45) is 0 Å². The third-order valence-electron chi connectivity index (χ3n) is 4.98. The largest absolute Gasteiger partial charge is 0.497 e. The molecule has 0 aliphatic rings. The number of carbonyl (C=O) groups excluding carboxylic acids is 1. The molecule has 0 bridgehead atoms. The van der Waals surface area contributed by atoms with Crippen LogP contribution in [0.15, 0.2) is 47.4 Å². The number of hydrogen-bond acceptors (Lipinski definition) is 6. The highest BCUT2D eigenvalue weighted by Gasteiger charge is 2.22. The van der Waals surface area contributed by atoms with E-state index in [0.717, 1.165) is 11.3 Å². The van der Waals surface area contributed by atoms with Gasteiger partial charge in [0.1, 0.15) is 11.3 Å². The summed E-state index contributed by atoms with van der Waals surface area (Å²) in [5, 5.41) is 11.1. The number of nitrogens with one attached hydrogen (secondary N) is 1. The van der Waals surface area contributed by atoms with E-state index in [4.69, 9.17) is 4.74 Å². The summed E-state index contributed by atoms with van der Waals surface area (Å²) in [7, 11) is -1.96. The van der Waals surface area contributed by atoms with E-state index >= 15 is 0 Å². The maximum atomic E-state index is 12.7. The minimum atomic E-state index is -3.55. The molecule has 1 N–H and O–H groups in total. The van der Waals surface area contributed by atoms with Gasteiger partial charge in [-0.1, -0.05) is 19.1 Å². The zero-order valence-electron chi connectivity index (χ0n) is 17.9. The SMILES string of the molecule is CCN(CC)S(=O)(=O)c1ccc2c(c1)nnn2CCCC(=O)Nc1ccc(OC)cc1. The lowest BCUT2D eigenvalue weighted by molar-refractivity contribution is -0.116. The molecule has 0 unspecified atom stereocenters. The molecule has 1 heterocycles. The summed E-state index contributed by atoms with van der Waals surface area (Å²) in [4.78, 5) is 12.4. The number of anilines is 1. The number of methoxy groups -OCH3 is 1. The van der Waals surface area contributed by atoms with Gasteiger partial charge in [-0.15, -0.1) is 5.10 Å². The van der Waals surface area contributed by atoms with Crippen molar-refractivity contribution in [1.29, 1.82) is 0 Å². The van der Waals surface area contributed by atoms with Gasteiger partial charge in [-0.2, -0.15) is 4.31 Å². The first-order valence-corrected chi connectivity index (χ1v) is 11.6. The first kappa shape index (κ1) is 22.7. The molecule has 0 aliphatic heterocycles. The quantitative estimate of drug-likeness (QED) is 0.514. The first-order chi connectivity index (χ1) is 14.9. The molecule has 3 rings (SSSR count). The lowest BCUT2D eigenvalue weighted by Crippen LogP contribution is -2.30. The molecule has 9 nitrogen and oxygen atoms in total. The van der Waals surface area contributed by atoms with Gasteiger partial charge in [0, 0.05) is 31.7 Å². The fraction of sp³-hybridized carbons (Fsp3) is 0.381. The number of benzene rings is 2. The lowest BCUT2D eigenvalue weighted by Gasteiger charge is -2.18. The van der Waals surface area contributed by atoms with E-state index in [1.54, 1.807) is 68.1 Å². The van der Waals surface area contributed by atoms with Crippen molar-refractivity contribution in [1.82, 2.24) is 19.3 Å². The van der Waals surface area contributed by atoms with E-state index in [1.165, 1.54) is 4.31 Å². The predicted octanol–water partition coefficient (Wildman–Crippen LogP) is 2.89. The van der Waals surface area contributed by atoms with Crippen molar-refractivity contribution in [3.63, 3.8) is 0 Å². The monoisotopic (exact) mass is 445 g/mol. The molecule has 2 aromatic carbocycles. The smallest absolute Gasteiger partial charge is 0.243 e. The van der Waals surface area contributed by atoms with Gasteiger partial charge in [-0.3, -0.25) is 4.79 Å². The fourth-order valence-electron chi connectivity index (χ4n) is 3.28. The van der Waals surface area contributed by atoms with Crippen LogP contribution < -0.4 is 10.1 Å². The van der Waals surface area contributed by atoms with Crippen LogP contribution in [0.3, 0.4) is 0 Å². The van der Waals surface area contributed by atoms with E-state index in [0.29, 0.717) is 43.7 Å². The van der Waals surface area contributed by atoms with Crippen LogP contribution in [0.1, 0.15) is 26.7 Å².